The Hall–Kier alpha value is -3.42. The highest BCUT2D eigenvalue weighted by molar-refractivity contribution is 5.96. The lowest BCUT2D eigenvalue weighted by atomic mass is 10.1. The van der Waals surface area contributed by atoms with E-state index in [9.17, 15) is 4.79 Å². The summed E-state index contributed by atoms with van der Waals surface area (Å²) >= 11 is 0. The quantitative estimate of drug-likeness (QED) is 0.716. The molecule has 5 rings (SSSR count). The van der Waals surface area contributed by atoms with Gasteiger partial charge in [0.2, 0.25) is 12.7 Å². The van der Waals surface area contributed by atoms with E-state index in [1.54, 1.807) is 17.2 Å². The fourth-order valence-electron chi connectivity index (χ4n) is 3.18. The van der Waals surface area contributed by atoms with Crippen LogP contribution in [0, 0.1) is 0 Å². The Morgan fingerprint density at radius 2 is 2.04 bits per heavy atom. The molecule has 2 aromatic heterocycles. The van der Waals surface area contributed by atoms with E-state index in [1.165, 1.54) is 0 Å². The molecule has 0 bridgehead atoms. The molecule has 8 heteroatoms. The first kappa shape index (κ1) is 14.9. The average Bonchev–Trinajstić information content (AvgIpc) is 3.41. The predicted octanol–water partition coefficient (Wildman–Crippen LogP) is 2.38. The lowest BCUT2D eigenvalue weighted by molar-refractivity contribution is -0.117. The Labute approximate surface area is 148 Å². The van der Waals surface area contributed by atoms with Gasteiger partial charge in [-0.25, -0.2) is 0 Å². The minimum absolute atomic E-state index is 0.0121. The van der Waals surface area contributed by atoms with Gasteiger partial charge in [0.1, 0.15) is 5.69 Å². The summed E-state index contributed by atoms with van der Waals surface area (Å²) in [7, 11) is 0. The third-order valence-corrected chi connectivity index (χ3v) is 4.48. The molecular formula is C18H14N4O4. The molecule has 0 radical (unpaired) electrons. The maximum absolute atomic E-state index is 12.5. The molecule has 1 saturated heterocycles. The monoisotopic (exact) mass is 350 g/mol. The zero-order valence-electron chi connectivity index (χ0n) is 13.7. The van der Waals surface area contributed by atoms with Crippen LogP contribution in [-0.2, 0) is 4.79 Å². The van der Waals surface area contributed by atoms with Crippen molar-refractivity contribution in [3.05, 3.63) is 48.4 Å². The number of hydrogen-bond acceptors (Lipinski definition) is 7. The molecule has 0 N–H and O–H groups in total. The van der Waals surface area contributed by atoms with Crippen LogP contribution in [0.1, 0.15) is 18.2 Å². The van der Waals surface area contributed by atoms with Gasteiger partial charge in [-0.1, -0.05) is 11.2 Å². The maximum atomic E-state index is 12.5. The molecule has 26 heavy (non-hydrogen) atoms. The normalized spacial score (nSPS) is 18.5. The summed E-state index contributed by atoms with van der Waals surface area (Å²) in [4.78, 5) is 22.8. The Bertz CT molecular complexity index is 972. The molecule has 4 heterocycles. The molecule has 0 unspecified atom stereocenters. The second-order valence-electron chi connectivity index (χ2n) is 6.12. The van der Waals surface area contributed by atoms with E-state index >= 15 is 0 Å². The molecule has 130 valence electrons. The first-order valence-electron chi connectivity index (χ1n) is 8.23. The lowest BCUT2D eigenvalue weighted by Gasteiger charge is -2.16. The SMILES string of the molecule is O=C1C[C@@H](c2noc(-c3ccccn3)n2)CN1c1ccc2c(c1)OCO2. The minimum atomic E-state index is -0.130. The van der Waals surface area contributed by atoms with Gasteiger partial charge in [-0.15, -0.1) is 0 Å². The molecule has 1 aromatic carbocycles. The number of carbonyl (C=O) groups is 1. The number of benzene rings is 1. The molecule has 3 aromatic rings. The number of amides is 1. The largest absolute Gasteiger partial charge is 0.454 e. The summed E-state index contributed by atoms with van der Waals surface area (Å²) < 4.78 is 16.0. The van der Waals surface area contributed by atoms with Crippen molar-refractivity contribution in [2.75, 3.05) is 18.2 Å². The third kappa shape index (κ3) is 2.46. The number of aromatic nitrogens is 3. The topological polar surface area (TPSA) is 90.6 Å². The van der Waals surface area contributed by atoms with Crippen LogP contribution in [-0.4, -0.2) is 34.4 Å². The van der Waals surface area contributed by atoms with Crippen LogP contribution >= 0.6 is 0 Å². The van der Waals surface area contributed by atoms with E-state index in [-0.39, 0.29) is 18.6 Å². The van der Waals surface area contributed by atoms with Gasteiger partial charge in [0, 0.05) is 36.8 Å². The van der Waals surface area contributed by atoms with Crippen molar-refractivity contribution in [1.82, 2.24) is 15.1 Å². The van der Waals surface area contributed by atoms with Crippen LogP contribution in [0.25, 0.3) is 11.6 Å². The number of nitrogens with zero attached hydrogens (tertiary/aromatic N) is 4. The van der Waals surface area contributed by atoms with Crippen molar-refractivity contribution in [2.24, 2.45) is 0 Å². The molecular weight excluding hydrogens is 336 g/mol. The number of anilines is 1. The summed E-state index contributed by atoms with van der Waals surface area (Å²) in [5.41, 5.74) is 1.39. The van der Waals surface area contributed by atoms with Gasteiger partial charge in [-0.3, -0.25) is 9.78 Å². The molecule has 8 nitrogen and oxygen atoms in total. The van der Waals surface area contributed by atoms with Crippen molar-refractivity contribution < 1.29 is 18.8 Å². The fourth-order valence-corrected chi connectivity index (χ4v) is 3.18. The molecule has 0 saturated carbocycles. The van der Waals surface area contributed by atoms with Crippen LogP contribution in [0.3, 0.4) is 0 Å². The third-order valence-electron chi connectivity index (χ3n) is 4.48. The van der Waals surface area contributed by atoms with Gasteiger partial charge >= 0.3 is 0 Å². The molecule has 2 aliphatic rings. The fraction of sp³-hybridized carbons (Fsp3) is 0.222. The molecule has 1 fully saturated rings. The standard InChI is InChI=1S/C18H14N4O4/c23-16-7-11(17-20-18(26-21-17)13-3-1-2-6-19-13)9-22(16)12-4-5-14-15(8-12)25-10-24-14/h1-6,8,11H,7,9-10H2/t11-/m1/s1. The Morgan fingerprint density at radius 3 is 2.92 bits per heavy atom. The number of carbonyl (C=O) groups excluding carboxylic acids is 1. The van der Waals surface area contributed by atoms with Crippen LogP contribution in [0.15, 0.2) is 47.1 Å². The Kier molecular flexibility index (Phi) is 3.34. The van der Waals surface area contributed by atoms with Gasteiger partial charge in [0.15, 0.2) is 17.3 Å². The Morgan fingerprint density at radius 1 is 1.12 bits per heavy atom. The number of pyridine rings is 1. The number of rotatable bonds is 3. The van der Waals surface area contributed by atoms with E-state index in [4.69, 9.17) is 14.0 Å². The minimum Gasteiger partial charge on any atom is -0.454 e. The lowest BCUT2D eigenvalue weighted by Crippen LogP contribution is -2.24. The molecule has 1 amide bonds. The van der Waals surface area contributed by atoms with E-state index in [0.717, 1.165) is 5.69 Å². The summed E-state index contributed by atoms with van der Waals surface area (Å²) in [6.07, 6.45) is 2.00. The van der Waals surface area contributed by atoms with Crippen molar-refractivity contribution in [3.8, 4) is 23.1 Å². The van der Waals surface area contributed by atoms with Crippen LogP contribution in [0.2, 0.25) is 0 Å². The van der Waals surface area contributed by atoms with Gasteiger partial charge in [-0.2, -0.15) is 4.98 Å². The second kappa shape index (κ2) is 5.83. The Balaban J connectivity index is 1.38. The van der Waals surface area contributed by atoms with Crippen LogP contribution in [0.5, 0.6) is 11.5 Å². The summed E-state index contributed by atoms with van der Waals surface area (Å²) in [6.45, 7) is 0.689. The zero-order chi connectivity index (χ0) is 17.5. The van der Waals surface area contributed by atoms with Gasteiger partial charge in [0.25, 0.3) is 5.89 Å². The highest BCUT2D eigenvalue weighted by atomic mass is 16.7. The first-order valence-corrected chi connectivity index (χ1v) is 8.23. The number of fused-ring (bicyclic) bond motifs is 1. The maximum Gasteiger partial charge on any atom is 0.276 e. The van der Waals surface area contributed by atoms with Crippen LogP contribution < -0.4 is 14.4 Å². The van der Waals surface area contributed by atoms with E-state index in [0.29, 0.717) is 41.9 Å². The number of hydrogen-bond donors (Lipinski definition) is 0. The number of ether oxygens (including phenoxy) is 2. The van der Waals surface area contributed by atoms with E-state index in [2.05, 4.69) is 15.1 Å². The van der Waals surface area contributed by atoms with Gasteiger partial charge in [-0.05, 0) is 24.3 Å². The average molecular weight is 350 g/mol. The van der Waals surface area contributed by atoms with E-state index in [1.807, 2.05) is 30.3 Å². The zero-order valence-corrected chi connectivity index (χ0v) is 13.7. The van der Waals surface area contributed by atoms with Crippen molar-refractivity contribution in [1.29, 1.82) is 0 Å². The van der Waals surface area contributed by atoms with Gasteiger partial charge in [0.05, 0.1) is 0 Å². The van der Waals surface area contributed by atoms with Crippen LogP contribution in [0.4, 0.5) is 5.69 Å². The molecule has 2 aliphatic heterocycles. The predicted molar refractivity (Wildman–Crippen MR) is 89.8 cm³/mol. The molecule has 0 spiro atoms. The van der Waals surface area contributed by atoms with Gasteiger partial charge < -0.3 is 18.9 Å². The smallest absolute Gasteiger partial charge is 0.276 e. The summed E-state index contributed by atoms with van der Waals surface area (Å²) in [6, 6.07) is 11.0. The van der Waals surface area contributed by atoms with Crippen molar-refractivity contribution in [2.45, 2.75) is 12.3 Å². The highest BCUT2D eigenvalue weighted by Crippen LogP contribution is 2.38. The summed E-state index contributed by atoms with van der Waals surface area (Å²) in [5.74, 6) is 2.09. The second-order valence-corrected chi connectivity index (χ2v) is 6.12. The van der Waals surface area contributed by atoms with Crippen molar-refractivity contribution >= 4 is 11.6 Å². The van der Waals surface area contributed by atoms with Crippen molar-refractivity contribution in [3.63, 3.8) is 0 Å². The highest BCUT2D eigenvalue weighted by Gasteiger charge is 2.35. The molecule has 1 atom stereocenters. The van der Waals surface area contributed by atoms with E-state index < -0.39 is 0 Å². The first-order chi connectivity index (χ1) is 12.8. The molecule has 0 aliphatic carbocycles. The summed E-state index contributed by atoms with van der Waals surface area (Å²) in [5, 5.41) is 4.05.